The molecule has 0 radical (unpaired) electrons. The Kier molecular flexibility index (Phi) is 4.96. The maximum absolute atomic E-state index is 12.2. The summed E-state index contributed by atoms with van der Waals surface area (Å²) in [5, 5.41) is 0. The summed E-state index contributed by atoms with van der Waals surface area (Å²) in [6.07, 6.45) is 2.65. The van der Waals surface area contributed by atoms with Crippen molar-refractivity contribution < 1.29 is 4.79 Å². The summed E-state index contributed by atoms with van der Waals surface area (Å²) in [5.41, 5.74) is 0.531. The first-order valence-electron chi connectivity index (χ1n) is 6.30. The van der Waals surface area contributed by atoms with E-state index in [1.54, 1.807) is 12.3 Å². The molecule has 2 heterocycles. The number of hydrogen-bond acceptors (Lipinski definition) is 3. The van der Waals surface area contributed by atoms with Crippen LogP contribution in [0.1, 0.15) is 16.9 Å². The molecule has 0 N–H and O–H groups in total. The van der Waals surface area contributed by atoms with Gasteiger partial charge in [-0.05, 0) is 25.1 Å². The third kappa shape index (κ3) is 3.43. The topological polar surface area (TPSA) is 36.4 Å². The molecule has 0 spiro atoms. The number of aromatic nitrogens is 1. The van der Waals surface area contributed by atoms with Gasteiger partial charge in [-0.3, -0.25) is 9.78 Å². The van der Waals surface area contributed by atoms with E-state index in [9.17, 15) is 4.79 Å². The van der Waals surface area contributed by atoms with Gasteiger partial charge >= 0.3 is 0 Å². The summed E-state index contributed by atoms with van der Waals surface area (Å²) in [6.45, 7) is 4.36. The van der Waals surface area contributed by atoms with Crippen LogP contribution < -0.4 is 0 Å². The summed E-state index contributed by atoms with van der Waals surface area (Å²) < 4.78 is 0. The van der Waals surface area contributed by atoms with E-state index >= 15 is 0 Å². The molecule has 98 valence electrons. The molecule has 1 aliphatic heterocycles. The SMILES string of the molecule is O=C(c1ccccn1)N1CCCN(CCCl)CC1. The summed E-state index contributed by atoms with van der Waals surface area (Å²) >= 11 is 5.75. The Hall–Kier alpha value is -1.13. The standard InChI is InChI=1S/C13H18ClN3O/c14-5-9-16-7-3-8-17(11-10-16)13(18)12-4-1-2-6-15-12/h1-2,4,6H,3,5,7-11H2. The number of alkyl halides is 1. The fraction of sp³-hybridized carbons (Fsp3) is 0.538. The molecule has 0 aromatic carbocycles. The monoisotopic (exact) mass is 267 g/mol. The van der Waals surface area contributed by atoms with Crippen LogP contribution in [0.25, 0.3) is 0 Å². The van der Waals surface area contributed by atoms with Gasteiger partial charge in [-0.15, -0.1) is 11.6 Å². The number of halogens is 1. The zero-order valence-electron chi connectivity index (χ0n) is 10.4. The highest BCUT2D eigenvalue weighted by Gasteiger charge is 2.20. The third-order valence-electron chi connectivity index (χ3n) is 3.16. The second-order valence-corrected chi connectivity index (χ2v) is 4.77. The summed E-state index contributed by atoms with van der Waals surface area (Å²) in [5.74, 6) is 0.678. The highest BCUT2D eigenvalue weighted by atomic mass is 35.5. The highest BCUT2D eigenvalue weighted by molar-refractivity contribution is 6.18. The molecule has 2 rings (SSSR count). The molecule has 1 aliphatic rings. The van der Waals surface area contributed by atoms with Crippen LogP contribution in [0.3, 0.4) is 0 Å². The van der Waals surface area contributed by atoms with Gasteiger partial charge in [0.05, 0.1) is 0 Å². The fourth-order valence-corrected chi connectivity index (χ4v) is 2.41. The number of carbonyl (C=O) groups excluding carboxylic acids is 1. The predicted molar refractivity (Wildman–Crippen MR) is 71.9 cm³/mol. The maximum Gasteiger partial charge on any atom is 0.272 e. The lowest BCUT2D eigenvalue weighted by Crippen LogP contribution is -2.36. The third-order valence-corrected chi connectivity index (χ3v) is 3.33. The van der Waals surface area contributed by atoms with Crippen molar-refractivity contribution >= 4 is 17.5 Å². The van der Waals surface area contributed by atoms with Crippen LogP contribution in [0.4, 0.5) is 0 Å². The molecule has 0 atom stereocenters. The van der Waals surface area contributed by atoms with Gasteiger partial charge < -0.3 is 9.80 Å². The first kappa shape index (κ1) is 13.3. The lowest BCUT2D eigenvalue weighted by atomic mass is 10.3. The van der Waals surface area contributed by atoms with Crippen LogP contribution in [-0.2, 0) is 0 Å². The van der Waals surface area contributed by atoms with Crippen molar-refractivity contribution in [3.63, 3.8) is 0 Å². The van der Waals surface area contributed by atoms with Crippen LogP contribution in [0, 0.1) is 0 Å². The maximum atomic E-state index is 12.2. The quantitative estimate of drug-likeness (QED) is 0.778. The van der Waals surface area contributed by atoms with E-state index in [1.807, 2.05) is 17.0 Å². The van der Waals surface area contributed by atoms with E-state index in [2.05, 4.69) is 9.88 Å². The summed E-state index contributed by atoms with van der Waals surface area (Å²) in [6, 6.07) is 5.43. The van der Waals surface area contributed by atoms with E-state index in [0.29, 0.717) is 11.6 Å². The second kappa shape index (κ2) is 6.71. The Labute approximate surface area is 113 Å². The van der Waals surface area contributed by atoms with Gasteiger partial charge in [0, 0.05) is 38.3 Å². The molecule has 1 saturated heterocycles. The second-order valence-electron chi connectivity index (χ2n) is 4.39. The minimum absolute atomic E-state index is 0.0309. The Morgan fingerprint density at radius 3 is 2.89 bits per heavy atom. The summed E-state index contributed by atoms with van der Waals surface area (Å²) in [7, 11) is 0. The smallest absolute Gasteiger partial charge is 0.272 e. The minimum Gasteiger partial charge on any atom is -0.336 e. The van der Waals surface area contributed by atoms with Crippen molar-refractivity contribution in [2.45, 2.75) is 6.42 Å². The number of hydrogen-bond donors (Lipinski definition) is 0. The van der Waals surface area contributed by atoms with Crippen LogP contribution in [0.15, 0.2) is 24.4 Å². The van der Waals surface area contributed by atoms with Crippen molar-refractivity contribution in [3.05, 3.63) is 30.1 Å². The Morgan fingerprint density at radius 2 is 2.17 bits per heavy atom. The molecular weight excluding hydrogens is 250 g/mol. The van der Waals surface area contributed by atoms with Crippen molar-refractivity contribution in [2.24, 2.45) is 0 Å². The van der Waals surface area contributed by atoms with Gasteiger partial charge in [0.1, 0.15) is 5.69 Å². The van der Waals surface area contributed by atoms with Gasteiger partial charge in [-0.2, -0.15) is 0 Å². The molecule has 1 aromatic heterocycles. The average molecular weight is 268 g/mol. The predicted octanol–water partition coefficient (Wildman–Crippen LogP) is 1.47. The summed E-state index contributed by atoms with van der Waals surface area (Å²) in [4.78, 5) is 20.5. The highest BCUT2D eigenvalue weighted by Crippen LogP contribution is 2.07. The lowest BCUT2D eigenvalue weighted by Gasteiger charge is -2.21. The lowest BCUT2D eigenvalue weighted by molar-refractivity contribution is 0.0756. The van der Waals surface area contributed by atoms with E-state index in [-0.39, 0.29) is 5.91 Å². The number of carbonyl (C=O) groups is 1. The number of nitrogens with zero attached hydrogens (tertiary/aromatic N) is 3. The molecule has 1 aromatic rings. The zero-order valence-corrected chi connectivity index (χ0v) is 11.1. The van der Waals surface area contributed by atoms with Gasteiger partial charge in [-0.1, -0.05) is 6.07 Å². The van der Waals surface area contributed by atoms with Gasteiger partial charge in [0.2, 0.25) is 0 Å². The van der Waals surface area contributed by atoms with Crippen LogP contribution in [0.5, 0.6) is 0 Å². The van der Waals surface area contributed by atoms with Crippen molar-refractivity contribution in [1.82, 2.24) is 14.8 Å². The molecule has 0 bridgehead atoms. The Balaban J connectivity index is 1.96. The fourth-order valence-electron chi connectivity index (χ4n) is 2.17. The Morgan fingerprint density at radius 1 is 1.28 bits per heavy atom. The zero-order chi connectivity index (χ0) is 12.8. The van der Waals surface area contributed by atoms with Crippen molar-refractivity contribution in [1.29, 1.82) is 0 Å². The van der Waals surface area contributed by atoms with Gasteiger partial charge in [-0.25, -0.2) is 0 Å². The van der Waals surface area contributed by atoms with Crippen LogP contribution >= 0.6 is 11.6 Å². The molecule has 0 saturated carbocycles. The molecule has 5 heteroatoms. The minimum atomic E-state index is 0.0309. The number of pyridine rings is 1. The van der Waals surface area contributed by atoms with Gasteiger partial charge in [0.25, 0.3) is 5.91 Å². The van der Waals surface area contributed by atoms with Crippen molar-refractivity contribution in [3.8, 4) is 0 Å². The van der Waals surface area contributed by atoms with Crippen LogP contribution in [0.2, 0.25) is 0 Å². The van der Waals surface area contributed by atoms with Crippen LogP contribution in [-0.4, -0.2) is 59.3 Å². The van der Waals surface area contributed by atoms with E-state index in [0.717, 1.165) is 39.1 Å². The molecule has 0 aliphatic carbocycles. The molecule has 4 nitrogen and oxygen atoms in total. The molecule has 0 unspecified atom stereocenters. The molecule has 18 heavy (non-hydrogen) atoms. The largest absolute Gasteiger partial charge is 0.336 e. The van der Waals surface area contributed by atoms with Crippen molar-refractivity contribution in [2.75, 3.05) is 38.6 Å². The van der Waals surface area contributed by atoms with Gasteiger partial charge in [0.15, 0.2) is 0 Å². The normalized spacial score (nSPS) is 17.5. The first-order valence-corrected chi connectivity index (χ1v) is 6.83. The molecular formula is C13H18ClN3O. The van der Waals surface area contributed by atoms with E-state index in [1.165, 1.54) is 0 Å². The number of rotatable bonds is 3. The average Bonchev–Trinajstić information content (AvgIpc) is 2.65. The molecule has 1 fully saturated rings. The molecule has 1 amide bonds. The first-order chi connectivity index (χ1) is 8.81. The van der Waals surface area contributed by atoms with E-state index < -0.39 is 0 Å². The van der Waals surface area contributed by atoms with E-state index in [4.69, 9.17) is 11.6 Å². The Bertz CT molecular complexity index is 385. The number of amides is 1.